The highest BCUT2D eigenvalue weighted by Crippen LogP contribution is 2.21. The monoisotopic (exact) mass is 397 g/mol. The molecule has 0 radical (unpaired) electrons. The van der Waals surface area contributed by atoms with E-state index in [0.29, 0.717) is 11.8 Å². The molecule has 0 saturated heterocycles. The Kier molecular flexibility index (Phi) is 5.25. The fourth-order valence-corrected chi connectivity index (χ4v) is 2.70. The standard InChI is InChI=1S/C18H16BrN5O/c19-13-7-4-8-14(11-13)22-15-9-10-21-18(23-15)24-16(17(20)25)12-5-2-1-3-6-12/h1-11,16H,(H2,20,25)(H2,21,22,23,24). The molecular formula is C18H16BrN5O. The Bertz CT molecular complexity index is 872. The number of hydrogen-bond acceptors (Lipinski definition) is 5. The van der Waals surface area contributed by atoms with E-state index < -0.39 is 11.9 Å². The van der Waals surface area contributed by atoms with E-state index in [1.807, 2.05) is 54.6 Å². The second-order valence-corrected chi connectivity index (χ2v) is 6.21. The summed E-state index contributed by atoms with van der Waals surface area (Å²) in [5.74, 6) is 0.416. The third-order valence-electron chi connectivity index (χ3n) is 3.44. The van der Waals surface area contributed by atoms with Gasteiger partial charge in [-0.15, -0.1) is 0 Å². The molecule has 0 aliphatic rings. The number of benzene rings is 2. The smallest absolute Gasteiger partial charge is 0.244 e. The summed E-state index contributed by atoms with van der Waals surface area (Å²) in [6.45, 7) is 0. The number of carbonyl (C=O) groups is 1. The maximum absolute atomic E-state index is 11.8. The molecular weight excluding hydrogens is 382 g/mol. The van der Waals surface area contributed by atoms with Crippen LogP contribution in [0.5, 0.6) is 0 Å². The van der Waals surface area contributed by atoms with E-state index in [9.17, 15) is 4.79 Å². The molecule has 4 N–H and O–H groups in total. The Morgan fingerprint density at radius 3 is 2.60 bits per heavy atom. The summed E-state index contributed by atoms with van der Waals surface area (Å²) in [7, 11) is 0. The SMILES string of the molecule is NC(=O)C(Nc1nccc(Nc2cccc(Br)c2)n1)c1ccccc1. The average molecular weight is 398 g/mol. The van der Waals surface area contributed by atoms with Crippen LogP contribution in [0.15, 0.2) is 71.3 Å². The normalized spacial score (nSPS) is 11.6. The van der Waals surface area contributed by atoms with Crippen molar-refractivity contribution in [1.82, 2.24) is 9.97 Å². The first-order chi connectivity index (χ1) is 12.1. The minimum absolute atomic E-state index is 0.313. The summed E-state index contributed by atoms with van der Waals surface area (Å²) in [5.41, 5.74) is 7.15. The highest BCUT2D eigenvalue weighted by atomic mass is 79.9. The molecule has 0 aliphatic heterocycles. The van der Waals surface area contributed by atoms with Crippen molar-refractivity contribution in [2.45, 2.75) is 6.04 Å². The van der Waals surface area contributed by atoms with E-state index in [2.05, 4.69) is 36.5 Å². The number of rotatable bonds is 6. The van der Waals surface area contributed by atoms with Gasteiger partial charge in [0.15, 0.2) is 0 Å². The molecule has 7 heteroatoms. The molecule has 1 amide bonds. The lowest BCUT2D eigenvalue weighted by atomic mass is 10.1. The lowest BCUT2D eigenvalue weighted by Gasteiger charge is -2.16. The fourth-order valence-electron chi connectivity index (χ4n) is 2.31. The summed E-state index contributed by atoms with van der Waals surface area (Å²) in [6, 6.07) is 18.0. The molecule has 126 valence electrons. The number of primary amides is 1. The lowest BCUT2D eigenvalue weighted by molar-refractivity contribution is -0.118. The average Bonchev–Trinajstić information content (AvgIpc) is 2.60. The molecule has 0 bridgehead atoms. The van der Waals surface area contributed by atoms with E-state index in [4.69, 9.17) is 5.73 Å². The second-order valence-electron chi connectivity index (χ2n) is 5.29. The van der Waals surface area contributed by atoms with Gasteiger partial charge in [-0.2, -0.15) is 4.98 Å². The van der Waals surface area contributed by atoms with E-state index in [-0.39, 0.29) is 0 Å². The summed E-state index contributed by atoms with van der Waals surface area (Å²) in [5, 5.41) is 6.18. The Labute approximate surface area is 153 Å². The zero-order valence-electron chi connectivity index (χ0n) is 13.2. The quantitative estimate of drug-likeness (QED) is 0.590. The van der Waals surface area contributed by atoms with Gasteiger partial charge < -0.3 is 16.4 Å². The van der Waals surface area contributed by atoms with Gasteiger partial charge >= 0.3 is 0 Å². The Morgan fingerprint density at radius 2 is 1.88 bits per heavy atom. The molecule has 1 unspecified atom stereocenters. The molecule has 6 nitrogen and oxygen atoms in total. The molecule has 0 fully saturated rings. The predicted molar refractivity (Wildman–Crippen MR) is 101 cm³/mol. The molecule has 25 heavy (non-hydrogen) atoms. The minimum Gasteiger partial charge on any atom is -0.368 e. The van der Waals surface area contributed by atoms with Gasteiger partial charge in [-0.3, -0.25) is 4.79 Å². The van der Waals surface area contributed by atoms with Gasteiger partial charge in [0.2, 0.25) is 11.9 Å². The lowest BCUT2D eigenvalue weighted by Crippen LogP contribution is -2.28. The first-order valence-electron chi connectivity index (χ1n) is 7.58. The first-order valence-corrected chi connectivity index (χ1v) is 8.37. The second kappa shape index (κ2) is 7.76. The van der Waals surface area contributed by atoms with E-state index in [0.717, 1.165) is 15.7 Å². The van der Waals surface area contributed by atoms with E-state index >= 15 is 0 Å². The number of nitrogens with zero attached hydrogens (tertiary/aromatic N) is 2. The number of nitrogens with one attached hydrogen (secondary N) is 2. The van der Waals surface area contributed by atoms with Crippen molar-refractivity contribution in [3.05, 3.63) is 76.9 Å². The van der Waals surface area contributed by atoms with Gasteiger partial charge in [0.25, 0.3) is 0 Å². The predicted octanol–water partition coefficient (Wildman–Crippen LogP) is 3.62. The van der Waals surface area contributed by atoms with Crippen LogP contribution in [0.25, 0.3) is 0 Å². The van der Waals surface area contributed by atoms with Crippen molar-refractivity contribution in [2.75, 3.05) is 10.6 Å². The molecule has 1 heterocycles. The summed E-state index contributed by atoms with van der Waals surface area (Å²) >= 11 is 3.43. The van der Waals surface area contributed by atoms with Crippen LogP contribution in [0.1, 0.15) is 11.6 Å². The Balaban J connectivity index is 1.80. The van der Waals surface area contributed by atoms with Gasteiger partial charge in [0.05, 0.1) is 0 Å². The molecule has 1 aromatic heterocycles. The molecule has 0 saturated carbocycles. The van der Waals surface area contributed by atoms with E-state index in [1.165, 1.54) is 0 Å². The number of halogens is 1. The number of anilines is 3. The van der Waals surface area contributed by atoms with Crippen LogP contribution < -0.4 is 16.4 Å². The minimum atomic E-state index is -0.706. The van der Waals surface area contributed by atoms with Gasteiger partial charge in [-0.25, -0.2) is 4.98 Å². The number of amides is 1. The van der Waals surface area contributed by atoms with Crippen molar-refractivity contribution in [1.29, 1.82) is 0 Å². The number of nitrogens with two attached hydrogens (primary N) is 1. The molecule has 1 atom stereocenters. The molecule has 0 spiro atoms. The van der Waals surface area contributed by atoms with E-state index in [1.54, 1.807) is 12.3 Å². The highest BCUT2D eigenvalue weighted by Gasteiger charge is 2.18. The molecule has 0 aliphatic carbocycles. The third kappa shape index (κ3) is 4.54. The van der Waals surface area contributed by atoms with Crippen molar-refractivity contribution in [2.24, 2.45) is 5.73 Å². The van der Waals surface area contributed by atoms with Crippen molar-refractivity contribution < 1.29 is 4.79 Å². The number of carbonyl (C=O) groups excluding carboxylic acids is 1. The Hall–Kier alpha value is -2.93. The van der Waals surface area contributed by atoms with Crippen molar-refractivity contribution in [3.8, 4) is 0 Å². The molecule has 2 aromatic carbocycles. The number of hydrogen-bond donors (Lipinski definition) is 3. The van der Waals surface area contributed by atoms with Crippen molar-refractivity contribution in [3.63, 3.8) is 0 Å². The van der Waals surface area contributed by atoms with Gasteiger partial charge in [-0.1, -0.05) is 52.3 Å². The van der Waals surface area contributed by atoms with Crippen LogP contribution in [0.2, 0.25) is 0 Å². The zero-order valence-corrected chi connectivity index (χ0v) is 14.8. The Morgan fingerprint density at radius 1 is 1.08 bits per heavy atom. The van der Waals surface area contributed by atoms with Crippen molar-refractivity contribution >= 4 is 39.3 Å². The van der Waals surface area contributed by atoms with Crippen LogP contribution in [-0.4, -0.2) is 15.9 Å². The van der Waals surface area contributed by atoms with Crippen LogP contribution in [0.3, 0.4) is 0 Å². The summed E-state index contributed by atoms with van der Waals surface area (Å²) < 4.78 is 0.961. The van der Waals surface area contributed by atoms with Crippen LogP contribution in [0, 0.1) is 0 Å². The maximum Gasteiger partial charge on any atom is 0.244 e. The maximum atomic E-state index is 11.8. The van der Waals surface area contributed by atoms with Crippen LogP contribution in [-0.2, 0) is 4.79 Å². The fraction of sp³-hybridized carbons (Fsp3) is 0.0556. The summed E-state index contributed by atoms with van der Waals surface area (Å²) in [6.07, 6.45) is 1.61. The number of aromatic nitrogens is 2. The van der Waals surface area contributed by atoms with Gasteiger partial charge in [0.1, 0.15) is 11.9 Å². The zero-order chi connectivity index (χ0) is 17.6. The largest absolute Gasteiger partial charge is 0.368 e. The van der Waals surface area contributed by atoms with Gasteiger partial charge in [0, 0.05) is 16.4 Å². The summed E-state index contributed by atoms with van der Waals surface area (Å²) in [4.78, 5) is 20.4. The molecule has 3 rings (SSSR count). The first kappa shape index (κ1) is 16.9. The van der Waals surface area contributed by atoms with Crippen LogP contribution >= 0.6 is 15.9 Å². The third-order valence-corrected chi connectivity index (χ3v) is 3.94. The highest BCUT2D eigenvalue weighted by molar-refractivity contribution is 9.10. The topological polar surface area (TPSA) is 92.9 Å². The molecule has 3 aromatic rings. The van der Waals surface area contributed by atoms with Crippen LogP contribution in [0.4, 0.5) is 17.5 Å². The van der Waals surface area contributed by atoms with Gasteiger partial charge in [-0.05, 0) is 29.8 Å².